The Balaban J connectivity index is 2.85. The third kappa shape index (κ3) is 5.63. The zero-order valence-corrected chi connectivity index (χ0v) is 13.7. The van der Waals surface area contributed by atoms with Crippen LogP contribution in [-0.4, -0.2) is 37.8 Å². The van der Waals surface area contributed by atoms with Crippen LogP contribution in [0.3, 0.4) is 0 Å². The van der Waals surface area contributed by atoms with Crippen molar-refractivity contribution >= 4 is 12.0 Å². The number of alkyl carbamates (subject to hydrolysis) is 1. The van der Waals surface area contributed by atoms with Gasteiger partial charge in [0.2, 0.25) is 5.91 Å². The normalized spacial score (nSPS) is 12.2. The van der Waals surface area contributed by atoms with Gasteiger partial charge in [-0.15, -0.1) is 0 Å². The maximum atomic E-state index is 12.0. The van der Waals surface area contributed by atoms with Crippen molar-refractivity contribution in [3.8, 4) is 5.75 Å². The Kier molecular flexibility index (Phi) is 6.22. The minimum absolute atomic E-state index is 0.295. The van der Waals surface area contributed by atoms with Gasteiger partial charge in [-0.05, 0) is 32.4 Å². The molecule has 2 amide bonds. The van der Waals surface area contributed by atoms with E-state index in [9.17, 15) is 9.59 Å². The second-order valence-electron chi connectivity index (χ2n) is 5.83. The SMILES string of the molecule is CNC(=O)[C@H](Cc1ccccc1OC)NC(=O)OC(C)(C)C. The highest BCUT2D eigenvalue weighted by Crippen LogP contribution is 2.19. The van der Waals surface area contributed by atoms with E-state index in [1.165, 1.54) is 7.05 Å². The molecular formula is C16H24N2O4. The van der Waals surface area contributed by atoms with E-state index in [-0.39, 0.29) is 5.91 Å². The van der Waals surface area contributed by atoms with Crippen LogP contribution in [0.2, 0.25) is 0 Å². The number of carbonyl (C=O) groups is 2. The number of carbonyl (C=O) groups excluding carboxylic acids is 2. The molecule has 0 saturated carbocycles. The molecule has 0 aliphatic heterocycles. The molecule has 1 atom stereocenters. The van der Waals surface area contributed by atoms with Crippen LogP contribution in [-0.2, 0) is 16.0 Å². The van der Waals surface area contributed by atoms with E-state index in [1.807, 2.05) is 24.3 Å². The van der Waals surface area contributed by atoms with E-state index in [2.05, 4.69) is 10.6 Å². The number of methoxy groups -OCH3 is 1. The Hall–Kier alpha value is -2.24. The molecule has 6 heteroatoms. The van der Waals surface area contributed by atoms with E-state index in [0.29, 0.717) is 12.2 Å². The first-order valence-corrected chi connectivity index (χ1v) is 7.10. The highest BCUT2D eigenvalue weighted by atomic mass is 16.6. The molecule has 1 aromatic rings. The van der Waals surface area contributed by atoms with Crippen LogP contribution in [0.4, 0.5) is 4.79 Å². The van der Waals surface area contributed by atoms with Crippen molar-refractivity contribution in [3.63, 3.8) is 0 Å². The smallest absolute Gasteiger partial charge is 0.408 e. The molecule has 0 fully saturated rings. The number of nitrogens with one attached hydrogen (secondary N) is 2. The molecule has 1 rings (SSSR count). The number of hydrogen-bond acceptors (Lipinski definition) is 4. The molecule has 0 radical (unpaired) electrons. The number of benzene rings is 1. The van der Waals surface area contributed by atoms with Gasteiger partial charge in [0.1, 0.15) is 17.4 Å². The molecule has 1 aromatic carbocycles. The zero-order chi connectivity index (χ0) is 16.8. The van der Waals surface area contributed by atoms with Crippen LogP contribution in [0, 0.1) is 0 Å². The van der Waals surface area contributed by atoms with Crippen LogP contribution >= 0.6 is 0 Å². The lowest BCUT2D eigenvalue weighted by molar-refractivity contribution is -0.122. The Morgan fingerprint density at radius 3 is 2.41 bits per heavy atom. The molecule has 2 N–H and O–H groups in total. The summed E-state index contributed by atoms with van der Waals surface area (Å²) in [5.74, 6) is 0.374. The minimum atomic E-state index is -0.740. The van der Waals surface area contributed by atoms with Crippen molar-refractivity contribution in [2.24, 2.45) is 0 Å². The van der Waals surface area contributed by atoms with Gasteiger partial charge < -0.3 is 20.1 Å². The Morgan fingerprint density at radius 1 is 1.23 bits per heavy atom. The number of ether oxygens (including phenoxy) is 2. The first-order valence-electron chi connectivity index (χ1n) is 7.10. The van der Waals surface area contributed by atoms with Gasteiger partial charge >= 0.3 is 6.09 Å². The third-order valence-electron chi connectivity index (χ3n) is 2.87. The van der Waals surface area contributed by atoms with Crippen LogP contribution < -0.4 is 15.4 Å². The van der Waals surface area contributed by atoms with Gasteiger partial charge in [0.05, 0.1) is 7.11 Å². The lowest BCUT2D eigenvalue weighted by Crippen LogP contribution is -2.48. The number of likely N-dealkylation sites (N-methyl/N-ethyl adjacent to an activating group) is 1. The summed E-state index contributed by atoms with van der Waals surface area (Å²) < 4.78 is 10.5. The fourth-order valence-corrected chi connectivity index (χ4v) is 1.92. The van der Waals surface area contributed by atoms with Crippen LogP contribution in [0.15, 0.2) is 24.3 Å². The van der Waals surface area contributed by atoms with Crippen molar-refractivity contribution in [1.82, 2.24) is 10.6 Å². The Morgan fingerprint density at radius 2 is 1.86 bits per heavy atom. The van der Waals surface area contributed by atoms with Gasteiger partial charge in [-0.25, -0.2) is 4.79 Å². The summed E-state index contributed by atoms with van der Waals surface area (Å²) in [6.45, 7) is 5.30. The topological polar surface area (TPSA) is 76.7 Å². The predicted molar refractivity (Wildman–Crippen MR) is 83.9 cm³/mol. The second-order valence-corrected chi connectivity index (χ2v) is 5.83. The predicted octanol–water partition coefficient (Wildman–Crippen LogP) is 1.88. The van der Waals surface area contributed by atoms with Gasteiger partial charge in [-0.3, -0.25) is 4.79 Å². The van der Waals surface area contributed by atoms with Crippen molar-refractivity contribution in [2.45, 2.75) is 38.8 Å². The zero-order valence-electron chi connectivity index (χ0n) is 13.7. The first kappa shape index (κ1) is 17.8. The number of para-hydroxylation sites is 1. The highest BCUT2D eigenvalue weighted by Gasteiger charge is 2.24. The van der Waals surface area contributed by atoms with E-state index in [0.717, 1.165) is 5.56 Å². The van der Waals surface area contributed by atoms with Crippen molar-refractivity contribution in [2.75, 3.05) is 14.2 Å². The second kappa shape index (κ2) is 7.68. The van der Waals surface area contributed by atoms with Gasteiger partial charge in [0.25, 0.3) is 0 Å². The average Bonchev–Trinajstić information content (AvgIpc) is 2.44. The van der Waals surface area contributed by atoms with E-state index >= 15 is 0 Å². The standard InChI is InChI=1S/C16H24N2O4/c1-16(2,3)22-15(20)18-12(14(19)17-4)10-11-8-6-7-9-13(11)21-5/h6-9,12H,10H2,1-5H3,(H,17,19)(H,18,20)/t12-/m0/s1. The maximum absolute atomic E-state index is 12.0. The largest absolute Gasteiger partial charge is 0.496 e. The van der Waals surface area contributed by atoms with E-state index in [4.69, 9.17) is 9.47 Å². The summed E-state index contributed by atoms with van der Waals surface area (Å²) in [5.41, 5.74) is 0.205. The average molecular weight is 308 g/mol. The van der Waals surface area contributed by atoms with Gasteiger partial charge in [-0.2, -0.15) is 0 Å². The summed E-state index contributed by atoms with van der Waals surface area (Å²) in [4.78, 5) is 23.9. The molecule has 6 nitrogen and oxygen atoms in total. The lowest BCUT2D eigenvalue weighted by atomic mass is 10.0. The van der Waals surface area contributed by atoms with Gasteiger partial charge in [0, 0.05) is 13.5 Å². The Bertz CT molecular complexity index is 523. The molecule has 0 heterocycles. The number of amides is 2. The van der Waals surface area contributed by atoms with Gasteiger partial charge in [0.15, 0.2) is 0 Å². The van der Waals surface area contributed by atoms with Crippen LogP contribution in [0.5, 0.6) is 5.75 Å². The Labute approximate surface area is 131 Å². The molecule has 0 bridgehead atoms. The molecule has 22 heavy (non-hydrogen) atoms. The molecule has 0 aliphatic rings. The molecule has 0 aromatic heterocycles. The maximum Gasteiger partial charge on any atom is 0.408 e. The minimum Gasteiger partial charge on any atom is -0.496 e. The summed E-state index contributed by atoms with van der Waals surface area (Å²) in [5, 5.41) is 5.14. The monoisotopic (exact) mass is 308 g/mol. The molecule has 0 aliphatic carbocycles. The molecule has 122 valence electrons. The third-order valence-corrected chi connectivity index (χ3v) is 2.87. The summed E-state index contributed by atoms with van der Waals surface area (Å²) in [6, 6.07) is 6.62. The fraction of sp³-hybridized carbons (Fsp3) is 0.500. The molecule has 0 saturated heterocycles. The number of rotatable bonds is 5. The van der Waals surface area contributed by atoms with Gasteiger partial charge in [-0.1, -0.05) is 18.2 Å². The number of hydrogen-bond donors (Lipinski definition) is 2. The van der Waals surface area contributed by atoms with E-state index in [1.54, 1.807) is 27.9 Å². The van der Waals surface area contributed by atoms with Crippen LogP contribution in [0.1, 0.15) is 26.3 Å². The molecular weight excluding hydrogens is 284 g/mol. The highest BCUT2D eigenvalue weighted by molar-refractivity contribution is 5.85. The van der Waals surface area contributed by atoms with E-state index < -0.39 is 17.7 Å². The van der Waals surface area contributed by atoms with Crippen molar-refractivity contribution in [3.05, 3.63) is 29.8 Å². The van der Waals surface area contributed by atoms with Crippen molar-refractivity contribution < 1.29 is 19.1 Å². The van der Waals surface area contributed by atoms with Crippen LogP contribution in [0.25, 0.3) is 0 Å². The van der Waals surface area contributed by atoms with Crippen molar-refractivity contribution in [1.29, 1.82) is 0 Å². The summed E-state index contributed by atoms with van der Waals surface area (Å²) in [7, 11) is 3.09. The molecule has 0 spiro atoms. The fourth-order valence-electron chi connectivity index (χ4n) is 1.92. The summed E-state index contributed by atoms with van der Waals surface area (Å²) in [6.07, 6.45) is -0.320. The quantitative estimate of drug-likeness (QED) is 0.870. The first-order chi connectivity index (χ1) is 10.3. The lowest BCUT2D eigenvalue weighted by Gasteiger charge is -2.23. The summed E-state index contributed by atoms with van der Waals surface area (Å²) >= 11 is 0. The molecule has 0 unspecified atom stereocenters.